The number of nitrogens with zero attached hydrogens (tertiary/aromatic N) is 3. The molecule has 2 fully saturated rings. The van der Waals surface area contributed by atoms with Gasteiger partial charge in [0.25, 0.3) is 11.8 Å². The minimum atomic E-state index is 0.0234. The van der Waals surface area contributed by atoms with Crippen LogP contribution in [0.15, 0.2) is 48.5 Å². The Hall–Kier alpha value is -2.12. The Morgan fingerprint density at radius 3 is 2.28 bits per heavy atom. The number of likely N-dealkylation sites (tertiary alicyclic amines) is 1. The van der Waals surface area contributed by atoms with Crippen LogP contribution in [0, 0.1) is 0 Å². The van der Waals surface area contributed by atoms with Crippen molar-refractivity contribution in [3.05, 3.63) is 69.0 Å². The molecule has 0 aliphatic carbocycles. The van der Waals surface area contributed by atoms with E-state index in [1.54, 1.807) is 24.3 Å². The molecule has 1 aromatic heterocycles. The Morgan fingerprint density at radius 2 is 1.56 bits per heavy atom. The second-order valence-corrected chi connectivity index (χ2v) is 10.1. The van der Waals surface area contributed by atoms with E-state index in [0.29, 0.717) is 46.2 Å². The molecule has 2 aliphatic heterocycles. The Kier molecular flexibility index (Phi) is 6.12. The van der Waals surface area contributed by atoms with Gasteiger partial charge in [0.2, 0.25) is 0 Å². The van der Waals surface area contributed by atoms with E-state index in [0.717, 1.165) is 36.1 Å². The number of hydrogen-bond acceptors (Lipinski definition) is 4. The lowest BCUT2D eigenvalue weighted by atomic mass is 10.1. The van der Waals surface area contributed by atoms with Crippen LogP contribution in [0.1, 0.15) is 26.5 Å². The second kappa shape index (κ2) is 9.02. The number of piperazine rings is 1. The van der Waals surface area contributed by atoms with Crippen LogP contribution in [-0.4, -0.2) is 71.8 Å². The molecule has 2 aromatic carbocycles. The highest BCUT2D eigenvalue weighted by molar-refractivity contribution is 7.21. The van der Waals surface area contributed by atoms with Gasteiger partial charge in [-0.15, -0.1) is 11.3 Å². The molecule has 3 aromatic rings. The zero-order chi connectivity index (χ0) is 22.2. The summed E-state index contributed by atoms with van der Waals surface area (Å²) in [5.41, 5.74) is 0.667. The Labute approximate surface area is 201 Å². The minimum absolute atomic E-state index is 0.0234. The average molecular weight is 488 g/mol. The molecule has 2 saturated heterocycles. The van der Waals surface area contributed by atoms with E-state index in [1.807, 2.05) is 34.1 Å². The summed E-state index contributed by atoms with van der Waals surface area (Å²) < 4.78 is 1.04. The summed E-state index contributed by atoms with van der Waals surface area (Å²) >= 11 is 13.9. The molecule has 0 spiro atoms. The van der Waals surface area contributed by atoms with E-state index in [1.165, 1.54) is 11.3 Å². The highest BCUT2D eigenvalue weighted by atomic mass is 35.5. The van der Waals surface area contributed by atoms with Gasteiger partial charge in [0.1, 0.15) is 4.88 Å². The molecule has 0 saturated carbocycles. The highest BCUT2D eigenvalue weighted by Crippen LogP contribution is 2.36. The monoisotopic (exact) mass is 487 g/mol. The lowest BCUT2D eigenvalue weighted by Crippen LogP contribution is -2.52. The van der Waals surface area contributed by atoms with Crippen LogP contribution in [-0.2, 0) is 0 Å². The zero-order valence-electron chi connectivity index (χ0n) is 17.5. The lowest BCUT2D eigenvalue weighted by molar-refractivity contribution is 0.0569. The lowest BCUT2D eigenvalue weighted by Gasteiger charge is -2.38. The molecule has 0 N–H and O–H groups in total. The van der Waals surface area contributed by atoms with Gasteiger partial charge in [-0.05, 0) is 36.8 Å². The predicted molar refractivity (Wildman–Crippen MR) is 130 cm³/mol. The summed E-state index contributed by atoms with van der Waals surface area (Å²) in [5, 5.41) is 2.14. The molecule has 1 atom stereocenters. The van der Waals surface area contributed by atoms with E-state index in [9.17, 15) is 9.59 Å². The van der Waals surface area contributed by atoms with Gasteiger partial charge >= 0.3 is 0 Å². The van der Waals surface area contributed by atoms with Crippen molar-refractivity contribution in [1.29, 1.82) is 0 Å². The van der Waals surface area contributed by atoms with Crippen molar-refractivity contribution in [3.8, 4) is 0 Å². The van der Waals surface area contributed by atoms with Gasteiger partial charge in [-0.3, -0.25) is 14.5 Å². The first-order valence-corrected chi connectivity index (χ1v) is 12.3. The van der Waals surface area contributed by atoms with Gasteiger partial charge < -0.3 is 9.80 Å². The smallest absolute Gasteiger partial charge is 0.265 e. The Morgan fingerprint density at radius 1 is 0.844 bits per heavy atom. The van der Waals surface area contributed by atoms with Crippen molar-refractivity contribution in [2.45, 2.75) is 12.5 Å². The van der Waals surface area contributed by atoms with Crippen LogP contribution in [0.25, 0.3) is 10.1 Å². The van der Waals surface area contributed by atoms with Crippen LogP contribution < -0.4 is 0 Å². The number of carbonyl (C=O) groups is 2. The van der Waals surface area contributed by atoms with Crippen LogP contribution in [0.5, 0.6) is 0 Å². The molecule has 8 heteroatoms. The van der Waals surface area contributed by atoms with E-state index in [-0.39, 0.29) is 11.8 Å². The molecule has 2 aliphatic rings. The fourth-order valence-electron chi connectivity index (χ4n) is 4.58. The van der Waals surface area contributed by atoms with Crippen molar-refractivity contribution in [2.24, 2.45) is 0 Å². The summed E-state index contributed by atoms with van der Waals surface area (Å²) in [6, 6.07) is 15.2. The first-order valence-electron chi connectivity index (χ1n) is 10.8. The van der Waals surface area contributed by atoms with Crippen molar-refractivity contribution >= 4 is 56.4 Å². The molecular formula is C24H23Cl2N3O2S. The molecule has 1 unspecified atom stereocenters. The molecule has 0 bridgehead atoms. The van der Waals surface area contributed by atoms with Gasteiger partial charge in [-0.25, -0.2) is 0 Å². The van der Waals surface area contributed by atoms with E-state index in [4.69, 9.17) is 23.2 Å². The first-order chi connectivity index (χ1) is 15.5. The number of halogens is 2. The maximum atomic E-state index is 13.2. The normalized spacial score (nSPS) is 19.6. The third-order valence-corrected chi connectivity index (χ3v) is 8.30. The third-order valence-electron chi connectivity index (χ3n) is 6.39. The summed E-state index contributed by atoms with van der Waals surface area (Å²) in [6.07, 6.45) is 0.944. The Bertz CT molecular complexity index is 1160. The molecule has 32 heavy (non-hydrogen) atoms. The number of benzene rings is 2. The SMILES string of the molecule is O=C(c1ccc(Cl)cc1)N1CCN(C2CCN(C(=O)c3sc4ccccc4c3Cl)C2)CC1. The van der Waals surface area contributed by atoms with Crippen LogP contribution in [0.4, 0.5) is 0 Å². The zero-order valence-corrected chi connectivity index (χ0v) is 19.8. The summed E-state index contributed by atoms with van der Waals surface area (Å²) in [5.74, 6) is 0.0687. The largest absolute Gasteiger partial charge is 0.336 e. The fourth-order valence-corrected chi connectivity index (χ4v) is 6.19. The molecule has 166 valence electrons. The van der Waals surface area contributed by atoms with E-state index < -0.39 is 0 Å². The number of fused-ring (bicyclic) bond motifs is 1. The summed E-state index contributed by atoms with van der Waals surface area (Å²) in [4.78, 5) is 32.8. The predicted octanol–water partition coefficient (Wildman–Crippen LogP) is 4.88. The summed E-state index contributed by atoms with van der Waals surface area (Å²) in [7, 11) is 0. The van der Waals surface area contributed by atoms with Gasteiger partial charge in [0.05, 0.1) is 5.02 Å². The third kappa shape index (κ3) is 4.13. The Balaban J connectivity index is 1.19. The fraction of sp³-hybridized carbons (Fsp3) is 0.333. The molecule has 0 radical (unpaired) electrons. The van der Waals surface area contributed by atoms with Gasteiger partial charge in [-0.2, -0.15) is 0 Å². The van der Waals surface area contributed by atoms with Crippen LogP contribution in [0.2, 0.25) is 10.0 Å². The average Bonchev–Trinajstić information content (AvgIpc) is 3.44. The second-order valence-electron chi connectivity index (χ2n) is 8.27. The number of carbonyl (C=O) groups excluding carboxylic acids is 2. The molecule has 5 nitrogen and oxygen atoms in total. The van der Waals surface area contributed by atoms with Gasteiger partial charge in [-0.1, -0.05) is 41.4 Å². The quantitative estimate of drug-likeness (QED) is 0.528. The van der Waals surface area contributed by atoms with Crippen molar-refractivity contribution in [2.75, 3.05) is 39.3 Å². The minimum Gasteiger partial charge on any atom is -0.336 e. The van der Waals surface area contributed by atoms with Crippen molar-refractivity contribution in [3.63, 3.8) is 0 Å². The number of hydrogen-bond donors (Lipinski definition) is 0. The summed E-state index contributed by atoms with van der Waals surface area (Å²) in [6.45, 7) is 4.44. The standard InChI is InChI=1S/C24H23Cl2N3O2S/c25-17-7-5-16(6-8-17)23(30)28-13-11-27(12-14-28)18-9-10-29(15-18)24(31)22-21(26)19-3-1-2-4-20(19)32-22/h1-8,18H,9-15H2. The molecule has 3 heterocycles. The van der Waals surface area contributed by atoms with Crippen LogP contribution in [0.3, 0.4) is 0 Å². The van der Waals surface area contributed by atoms with Gasteiger partial charge in [0.15, 0.2) is 0 Å². The first kappa shape index (κ1) is 21.7. The van der Waals surface area contributed by atoms with E-state index >= 15 is 0 Å². The number of rotatable bonds is 3. The maximum Gasteiger partial charge on any atom is 0.265 e. The highest BCUT2D eigenvalue weighted by Gasteiger charge is 2.34. The number of amides is 2. The molecule has 5 rings (SSSR count). The maximum absolute atomic E-state index is 13.2. The van der Waals surface area contributed by atoms with Crippen LogP contribution >= 0.6 is 34.5 Å². The molecule has 2 amide bonds. The topological polar surface area (TPSA) is 43.9 Å². The van der Waals surface area contributed by atoms with Gasteiger partial charge in [0, 0.05) is 66.0 Å². The molecular weight excluding hydrogens is 465 g/mol. The number of thiophene rings is 1. The van der Waals surface area contributed by atoms with E-state index in [2.05, 4.69) is 4.90 Å². The van der Waals surface area contributed by atoms with Crippen molar-refractivity contribution < 1.29 is 9.59 Å². The van der Waals surface area contributed by atoms with Crippen molar-refractivity contribution in [1.82, 2.24) is 14.7 Å².